The van der Waals surface area contributed by atoms with E-state index in [0.717, 1.165) is 24.9 Å². The summed E-state index contributed by atoms with van der Waals surface area (Å²) in [6.45, 7) is 0.768. The summed E-state index contributed by atoms with van der Waals surface area (Å²) in [7, 11) is 0. The second-order valence-electron chi connectivity index (χ2n) is 6.28. The molecule has 128 valence electrons. The zero-order chi connectivity index (χ0) is 16.9. The first-order valence-electron chi connectivity index (χ1n) is 8.39. The molecule has 3 rings (SSSR count). The van der Waals surface area contributed by atoms with Crippen molar-refractivity contribution in [2.75, 3.05) is 6.54 Å². The zero-order valence-electron chi connectivity index (χ0n) is 13.5. The Morgan fingerprint density at radius 3 is 3.00 bits per heavy atom. The zero-order valence-corrected chi connectivity index (χ0v) is 14.3. The van der Waals surface area contributed by atoms with Crippen molar-refractivity contribution in [2.45, 2.75) is 44.2 Å². The van der Waals surface area contributed by atoms with Crippen LogP contribution in [0.2, 0.25) is 5.02 Å². The summed E-state index contributed by atoms with van der Waals surface area (Å²) in [4.78, 5) is 14.5. The molecule has 5 heteroatoms. The normalized spacial score (nSPS) is 18.8. The van der Waals surface area contributed by atoms with Crippen molar-refractivity contribution in [2.24, 2.45) is 0 Å². The van der Waals surface area contributed by atoms with Gasteiger partial charge in [-0.25, -0.2) is 0 Å². The molecule has 1 N–H and O–H groups in total. The number of rotatable bonds is 6. The van der Waals surface area contributed by atoms with Crippen molar-refractivity contribution in [3.8, 4) is 0 Å². The van der Waals surface area contributed by atoms with Gasteiger partial charge in [0.05, 0.1) is 6.26 Å². The Bertz CT molecular complexity index is 671. The highest BCUT2D eigenvalue weighted by molar-refractivity contribution is 6.30. The second kappa shape index (κ2) is 7.86. The number of likely N-dealkylation sites (tertiary alicyclic amines) is 1. The molecule has 0 radical (unpaired) electrons. The Kier molecular flexibility index (Phi) is 5.59. The minimum absolute atomic E-state index is 0.0805. The topological polar surface area (TPSA) is 53.7 Å². The van der Waals surface area contributed by atoms with Crippen LogP contribution in [-0.2, 0) is 11.2 Å². The van der Waals surface area contributed by atoms with Gasteiger partial charge in [0.15, 0.2) is 0 Å². The van der Waals surface area contributed by atoms with Crippen LogP contribution >= 0.6 is 11.6 Å². The molecule has 24 heavy (non-hydrogen) atoms. The van der Waals surface area contributed by atoms with Gasteiger partial charge in [-0.05, 0) is 49.1 Å². The predicted molar refractivity (Wildman–Crippen MR) is 92.8 cm³/mol. The lowest BCUT2D eigenvalue weighted by atomic mass is 10.0. The van der Waals surface area contributed by atoms with Crippen LogP contribution in [0.25, 0.3) is 0 Å². The predicted octanol–water partition coefficient (Wildman–Crippen LogP) is 3.98. The average molecular weight is 348 g/mol. The molecule has 0 aliphatic carbocycles. The molecule has 0 saturated carbocycles. The highest BCUT2D eigenvalue weighted by atomic mass is 35.5. The molecule has 1 aliphatic heterocycles. The molecule has 2 heterocycles. The van der Waals surface area contributed by atoms with Gasteiger partial charge in [0.25, 0.3) is 0 Å². The van der Waals surface area contributed by atoms with Gasteiger partial charge in [-0.2, -0.15) is 0 Å². The number of hydrogen-bond acceptors (Lipinski definition) is 3. The third-order valence-corrected chi connectivity index (χ3v) is 4.82. The average Bonchev–Trinajstić information content (AvgIpc) is 3.24. The lowest BCUT2D eigenvalue weighted by Gasteiger charge is -2.26. The summed E-state index contributed by atoms with van der Waals surface area (Å²) in [6.07, 6.45) is 4.49. The fraction of sp³-hybridized carbons (Fsp3) is 0.421. The van der Waals surface area contributed by atoms with Gasteiger partial charge in [0.2, 0.25) is 5.91 Å². The minimum atomic E-state index is -0.661. The molecular formula is C19H22ClNO3. The van der Waals surface area contributed by atoms with Gasteiger partial charge in [0, 0.05) is 30.5 Å². The van der Waals surface area contributed by atoms with Crippen LogP contribution in [0.15, 0.2) is 47.1 Å². The number of aliphatic hydroxyl groups is 1. The van der Waals surface area contributed by atoms with E-state index in [4.69, 9.17) is 16.0 Å². The van der Waals surface area contributed by atoms with E-state index in [9.17, 15) is 9.90 Å². The number of benzene rings is 1. The fourth-order valence-corrected chi connectivity index (χ4v) is 3.56. The highest BCUT2D eigenvalue weighted by Crippen LogP contribution is 2.28. The van der Waals surface area contributed by atoms with E-state index in [0.29, 0.717) is 30.0 Å². The molecule has 0 bridgehead atoms. The van der Waals surface area contributed by atoms with Gasteiger partial charge in [-0.1, -0.05) is 23.7 Å². The van der Waals surface area contributed by atoms with Crippen LogP contribution in [0, 0.1) is 0 Å². The van der Waals surface area contributed by atoms with E-state index >= 15 is 0 Å². The number of aliphatic hydroxyl groups excluding tert-OH is 1. The lowest BCUT2D eigenvalue weighted by molar-refractivity contribution is -0.132. The molecule has 2 unspecified atom stereocenters. The van der Waals surface area contributed by atoms with Crippen LogP contribution in [0.3, 0.4) is 0 Å². The summed E-state index contributed by atoms with van der Waals surface area (Å²) in [6, 6.07) is 11.2. The molecule has 1 aliphatic rings. The van der Waals surface area contributed by atoms with E-state index in [2.05, 4.69) is 0 Å². The number of aryl methyl sites for hydroxylation is 1. The van der Waals surface area contributed by atoms with E-state index in [1.807, 2.05) is 29.2 Å². The van der Waals surface area contributed by atoms with Crippen molar-refractivity contribution in [1.29, 1.82) is 0 Å². The van der Waals surface area contributed by atoms with Gasteiger partial charge in [-0.3, -0.25) is 4.79 Å². The fourth-order valence-electron chi connectivity index (χ4n) is 3.35. The van der Waals surface area contributed by atoms with E-state index in [1.165, 1.54) is 0 Å². The van der Waals surface area contributed by atoms with Gasteiger partial charge in [0.1, 0.15) is 11.9 Å². The number of furan rings is 1. The van der Waals surface area contributed by atoms with Crippen LogP contribution in [-0.4, -0.2) is 28.5 Å². The number of hydrogen-bond donors (Lipinski definition) is 1. The Hall–Kier alpha value is -1.78. The Balaban J connectivity index is 1.55. The van der Waals surface area contributed by atoms with E-state index in [-0.39, 0.29) is 11.9 Å². The molecule has 2 aromatic rings. The molecule has 1 aromatic heterocycles. The minimum Gasteiger partial charge on any atom is -0.467 e. The van der Waals surface area contributed by atoms with Crippen LogP contribution < -0.4 is 0 Å². The van der Waals surface area contributed by atoms with Crippen molar-refractivity contribution < 1.29 is 14.3 Å². The summed E-state index contributed by atoms with van der Waals surface area (Å²) < 4.78 is 5.25. The van der Waals surface area contributed by atoms with Gasteiger partial charge >= 0.3 is 0 Å². The molecule has 0 spiro atoms. The molecule has 1 amide bonds. The van der Waals surface area contributed by atoms with Crippen molar-refractivity contribution in [3.05, 3.63) is 59.0 Å². The summed E-state index contributed by atoms with van der Waals surface area (Å²) in [5.74, 6) is 0.706. The Morgan fingerprint density at radius 1 is 1.38 bits per heavy atom. The van der Waals surface area contributed by atoms with Gasteiger partial charge in [-0.15, -0.1) is 0 Å². The number of nitrogens with zero attached hydrogens (tertiary/aromatic N) is 1. The number of carbonyl (C=O) groups excluding carboxylic acids is 1. The second-order valence-corrected chi connectivity index (χ2v) is 6.72. The smallest absolute Gasteiger partial charge is 0.223 e. The third-order valence-electron chi connectivity index (χ3n) is 4.58. The number of amides is 1. The molecule has 1 saturated heterocycles. The van der Waals surface area contributed by atoms with Crippen molar-refractivity contribution in [1.82, 2.24) is 4.90 Å². The quantitative estimate of drug-likeness (QED) is 0.859. The van der Waals surface area contributed by atoms with Crippen LogP contribution in [0.1, 0.15) is 43.1 Å². The largest absolute Gasteiger partial charge is 0.467 e. The lowest BCUT2D eigenvalue weighted by Crippen LogP contribution is -2.36. The molecule has 2 atom stereocenters. The van der Waals surface area contributed by atoms with E-state index in [1.54, 1.807) is 18.4 Å². The third kappa shape index (κ3) is 4.19. The standard InChI is InChI=1S/C19H22ClNO3/c20-15-5-1-4-14(12-15)8-9-19(23)21-10-2-6-16(21)13-17(22)18-7-3-11-24-18/h1,3-5,7,11-12,16-17,22H,2,6,8-10,13H2. The maximum absolute atomic E-state index is 12.6. The number of halogens is 1. The van der Waals surface area contributed by atoms with Crippen LogP contribution in [0.4, 0.5) is 0 Å². The maximum atomic E-state index is 12.6. The Morgan fingerprint density at radius 2 is 2.25 bits per heavy atom. The highest BCUT2D eigenvalue weighted by Gasteiger charge is 2.30. The maximum Gasteiger partial charge on any atom is 0.223 e. The van der Waals surface area contributed by atoms with Crippen molar-refractivity contribution >= 4 is 17.5 Å². The molecule has 1 fully saturated rings. The summed E-state index contributed by atoms with van der Waals surface area (Å²) in [5.41, 5.74) is 1.07. The monoisotopic (exact) mass is 347 g/mol. The van der Waals surface area contributed by atoms with Crippen LogP contribution in [0.5, 0.6) is 0 Å². The first-order valence-corrected chi connectivity index (χ1v) is 8.76. The first-order chi connectivity index (χ1) is 11.6. The summed E-state index contributed by atoms with van der Waals surface area (Å²) >= 11 is 5.98. The SMILES string of the molecule is O=C(CCc1cccc(Cl)c1)N1CCCC1CC(O)c1ccco1. The molecule has 4 nitrogen and oxygen atoms in total. The molecular weight excluding hydrogens is 326 g/mol. The Labute approximate surface area is 147 Å². The molecule has 1 aromatic carbocycles. The van der Waals surface area contributed by atoms with Crippen molar-refractivity contribution in [3.63, 3.8) is 0 Å². The van der Waals surface area contributed by atoms with E-state index < -0.39 is 6.10 Å². The summed E-state index contributed by atoms with van der Waals surface area (Å²) in [5, 5.41) is 11.0. The van der Waals surface area contributed by atoms with Gasteiger partial charge < -0.3 is 14.4 Å². The number of carbonyl (C=O) groups is 1. The first kappa shape index (κ1) is 17.1.